The molecule has 15 heavy (non-hydrogen) atoms. The van der Waals surface area contributed by atoms with E-state index in [4.69, 9.17) is 4.42 Å². The second-order valence-electron chi connectivity index (χ2n) is 2.62. The molecule has 0 N–H and O–H groups in total. The maximum atomic E-state index is 10.3. The van der Waals surface area contributed by atoms with E-state index >= 15 is 0 Å². The average Bonchev–Trinajstić information content (AvgIpc) is 2.86. The summed E-state index contributed by atoms with van der Waals surface area (Å²) < 4.78 is 6.31. The van der Waals surface area contributed by atoms with Gasteiger partial charge in [0.25, 0.3) is 0 Å². The van der Waals surface area contributed by atoms with E-state index in [0.717, 1.165) is 0 Å². The summed E-state index contributed by atoms with van der Waals surface area (Å²) in [6.45, 7) is 0. The fourth-order valence-corrected chi connectivity index (χ4v) is 0.954. The van der Waals surface area contributed by atoms with Gasteiger partial charge in [0.05, 0.1) is 12.3 Å². The van der Waals surface area contributed by atoms with Crippen LogP contribution in [-0.4, -0.2) is 20.8 Å². The molecule has 0 unspecified atom stereocenters. The van der Waals surface area contributed by atoms with Crippen molar-refractivity contribution in [2.75, 3.05) is 0 Å². The van der Waals surface area contributed by atoms with Gasteiger partial charge < -0.3 is 4.42 Å². The Morgan fingerprint density at radius 2 is 2.47 bits per heavy atom. The van der Waals surface area contributed by atoms with E-state index in [1.807, 2.05) is 0 Å². The van der Waals surface area contributed by atoms with Crippen molar-refractivity contribution in [2.24, 2.45) is 5.10 Å². The van der Waals surface area contributed by atoms with Gasteiger partial charge in [-0.1, -0.05) is 0 Å². The van der Waals surface area contributed by atoms with E-state index in [-0.39, 0.29) is 5.88 Å². The fourth-order valence-electron chi connectivity index (χ4n) is 0.954. The first-order chi connectivity index (χ1) is 7.25. The Morgan fingerprint density at radius 1 is 1.60 bits per heavy atom. The molecule has 0 aromatic carbocycles. The van der Waals surface area contributed by atoms with E-state index in [1.54, 1.807) is 12.4 Å². The van der Waals surface area contributed by atoms with Crippen molar-refractivity contribution in [1.29, 1.82) is 0 Å². The van der Waals surface area contributed by atoms with Gasteiger partial charge in [0.1, 0.15) is 11.3 Å². The Bertz CT molecular complexity index is 486. The first-order valence-electron chi connectivity index (χ1n) is 4.02. The molecule has 0 atom stereocenters. The molecule has 0 bridgehead atoms. The van der Waals surface area contributed by atoms with E-state index in [0.29, 0.717) is 5.76 Å². The third-order valence-corrected chi connectivity index (χ3v) is 1.60. The molecule has 0 radical (unpaired) electrons. The van der Waals surface area contributed by atoms with Gasteiger partial charge in [-0.3, -0.25) is 10.1 Å². The molecule has 0 fully saturated rings. The Morgan fingerprint density at radius 3 is 3.07 bits per heavy atom. The van der Waals surface area contributed by atoms with Crippen LogP contribution < -0.4 is 0 Å². The smallest absolute Gasteiger partial charge is 0.400 e. The molecule has 2 rings (SSSR count). The van der Waals surface area contributed by atoms with Crippen LogP contribution in [0.1, 0.15) is 5.76 Å². The summed E-state index contributed by atoms with van der Waals surface area (Å²) >= 11 is 0. The molecule has 0 saturated heterocycles. The zero-order valence-electron chi connectivity index (χ0n) is 7.48. The van der Waals surface area contributed by atoms with Crippen molar-refractivity contribution in [2.45, 2.75) is 0 Å². The summed E-state index contributed by atoms with van der Waals surface area (Å²) in [6, 6.07) is 2.74. The molecule has 0 saturated carbocycles. The van der Waals surface area contributed by atoms with Gasteiger partial charge in [0.2, 0.25) is 0 Å². The Hall–Kier alpha value is -2.44. The topological polar surface area (TPSA) is 86.5 Å². The van der Waals surface area contributed by atoms with Crippen molar-refractivity contribution in [1.82, 2.24) is 9.66 Å². The molecule has 2 heterocycles. The summed E-state index contributed by atoms with van der Waals surface area (Å²) in [6.07, 6.45) is 6.07. The normalized spacial score (nSPS) is 10.9. The van der Waals surface area contributed by atoms with Gasteiger partial charge in [0.15, 0.2) is 5.76 Å². The molecule has 7 nitrogen and oxygen atoms in total. The minimum atomic E-state index is -0.603. The van der Waals surface area contributed by atoms with Crippen LogP contribution in [0.25, 0.3) is 0 Å². The van der Waals surface area contributed by atoms with Crippen molar-refractivity contribution in [3.8, 4) is 0 Å². The zero-order chi connectivity index (χ0) is 10.7. The van der Waals surface area contributed by atoms with Crippen molar-refractivity contribution in [3.63, 3.8) is 0 Å². The Labute approximate surface area is 83.8 Å². The highest BCUT2D eigenvalue weighted by Gasteiger charge is 2.09. The van der Waals surface area contributed by atoms with E-state index in [1.165, 1.54) is 29.4 Å². The van der Waals surface area contributed by atoms with Gasteiger partial charge in [-0.2, -0.15) is 5.10 Å². The molecular weight excluding hydrogens is 200 g/mol. The lowest BCUT2D eigenvalue weighted by Crippen LogP contribution is -1.85. The maximum absolute atomic E-state index is 10.3. The van der Waals surface area contributed by atoms with Gasteiger partial charge in [0, 0.05) is 12.4 Å². The highest BCUT2D eigenvalue weighted by atomic mass is 16.6. The third-order valence-electron chi connectivity index (χ3n) is 1.60. The quantitative estimate of drug-likeness (QED) is 0.429. The SMILES string of the molecule is O=[N+]([O-])c1ccc(C=Nn2ccnc2)o1. The predicted octanol–water partition coefficient (Wildman–Crippen LogP) is 1.27. The van der Waals surface area contributed by atoms with E-state index in [2.05, 4.69) is 10.1 Å². The maximum Gasteiger partial charge on any atom is 0.433 e. The summed E-state index contributed by atoms with van der Waals surface area (Å²) in [7, 11) is 0. The molecule has 7 heteroatoms. The number of hydrogen-bond acceptors (Lipinski definition) is 5. The Kier molecular flexibility index (Phi) is 2.28. The van der Waals surface area contributed by atoms with Gasteiger partial charge in [-0.25, -0.2) is 9.66 Å². The van der Waals surface area contributed by atoms with Crippen LogP contribution in [0.5, 0.6) is 0 Å². The van der Waals surface area contributed by atoms with Crippen LogP contribution in [0.15, 0.2) is 40.4 Å². The van der Waals surface area contributed by atoms with Crippen LogP contribution in [0.2, 0.25) is 0 Å². The lowest BCUT2D eigenvalue weighted by Gasteiger charge is -1.87. The monoisotopic (exact) mass is 206 g/mol. The molecule has 0 aliphatic heterocycles. The van der Waals surface area contributed by atoms with Crippen molar-refractivity contribution >= 4 is 12.1 Å². The summed E-state index contributed by atoms with van der Waals surface area (Å²) in [5.74, 6) is 0.0116. The summed E-state index contributed by atoms with van der Waals surface area (Å²) in [5, 5.41) is 14.2. The number of imidazole rings is 1. The number of nitrogens with zero attached hydrogens (tertiary/aromatic N) is 4. The first kappa shape index (κ1) is 9.13. The third kappa shape index (κ3) is 2.08. The van der Waals surface area contributed by atoms with Crippen LogP contribution in [0.4, 0.5) is 5.88 Å². The number of aromatic nitrogens is 2. The number of rotatable bonds is 3. The minimum absolute atomic E-state index is 0.304. The summed E-state index contributed by atoms with van der Waals surface area (Å²) in [4.78, 5) is 13.5. The molecule has 2 aromatic rings. The number of nitro groups is 1. The average molecular weight is 206 g/mol. The van der Waals surface area contributed by atoms with Gasteiger partial charge >= 0.3 is 5.88 Å². The van der Waals surface area contributed by atoms with Crippen molar-refractivity contribution < 1.29 is 9.34 Å². The van der Waals surface area contributed by atoms with Crippen LogP contribution in [0.3, 0.4) is 0 Å². The lowest BCUT2D eigenvalue weighted by atomic mass is 10.5. The van der Waals surface area contributed by atoms with E-state index in [9.17, 15) is 10.1 Å². The number of hydrogen-bond donors (Lipinski definition) is 0. The standard InChI is InChI=1S/C8H6N4O3/c13-12(14)8-2-1-7(15-8)5-10-11-4-3-9-6-11/h1-6H. The highest BCUT2D eigenvalue weighted by Crippen LogP contribution is 2.13. The predicted molar refractivity (Wildman–Crippen MR) is 50.6 cm³/mol. The van der Waals surface area contributed by atoms with Crippen LogP contribution in [0, 0.1) is 10.1 Å². The first-order valence-corrected chi connectivity index (χ1v) is 4.02. The Balaban J connectivity index is 2.14. The molecule has 0 spiro atoms. The molecule has 2 aromatic heterocycles. The highest BCUT2D eigenvalue weighted by molar-refractivity contribution is 5.76. The fraction of sp³-hybridized carbons (Fsp3) is 0. The minimum Gasteiger partial charge on any atom is -0.400 e. The molecule has 0 aliphatic carbocycles. The molecular formula is C8H6N4O3. The zero-order valence-corrected chi connectivity index (χ0v) is 7.48. The second-order valence-corrected chi connectivity index (χ2v) is 2.62. The van der Waals surface area contributed by atoms with Crippen molar-refractivity contribution in [3.05, 3.63) is 46.7 Å². The lowest BCUT2D eigenvalue weighted by molar-refractivity contribution is -0.402. The second kappa shape index (κ2) is 3.74. The van der Waals surface area contributed by atoms with Gasteiger partial charge in [-0.15, -0.1) is 0 Å². The summed E-state index contributed by atoms with van der Waals surface area (Å²) in [5.41, 5.74) is 0. The number of furan rings is 1. The largest absolute Gasteiger partial charge is 0.433 e. The van der Waals surface area contributed by atoms with E-state index < -0.39 is 4.92 Å². The van der Waals surface area contributed by atoms with Crippen LogP contribution >= 0.6 is 0 Å². The molecule has 0 amide bonds. The molecule has 76 valence electrons. The van der Waals surface area contributed by atoms with Crippen LogP contribution in [-0.2, 0) is 0 Å². The van der Waals surface area contributed by atoms with Gasteiger partial charge in [-0.05, 0) is 6.07 Å². The molecule has 0 aliphatic rings.